The number of ether oxygens (including phenoxy) is 1. The molecule has 0 aliphatic carbocycles. The molecule has 226 valence electrons. The zero-order valence-corrected chi connectivity index (χ0v) is 31.3. The Balaban J connectivity index is 2.60. The highest BCUT2D eigenvalue weighted by molar-refractivity contribution is 6.75. The van der Waals surface area contributed by atoms with Crippen molar-refractivity contribution < 1.29 is 18.0 Å². The van der Waals surface area contributed by atoms with Crippen molar-refractivity contribution in [3.63, 3.8) is 0 Å². The van der Waals surface area contributed by atoms with Crippen LogP contribution in [0.25, 0.3) is 0 Å². The summed E-state index contributed by atoms with van der Waals surface area (Å²) in [6, 6.07) is 4.20. The van der Waals surface area contributed by atoms with Crippen LogP contribution in [0, 0.1) is 0 Å². The number of pyridine rings is 1. The number of anilines is 1. The Morgan fingerprint density at radius 2 is 1.21 bits per heavy atom. The molecular formula is C30H60N2O4Si3. The van der Waals surface area contributed by atoms with E-state index in [0.717, 1.165) is 11.4 Å². The van der Waals surface area contributed by atoms with Gasteiger partial charge in [-0.2, -0.15) is 0 Å². The minimum atomic E-state index is -2.17. The minimum Gasteiger partial charge on any atom is -0.414 e. The predicted octanol–water partition coefficient (Wildman–Crippen LogP) is 8.39. The van der Waals surface area contributed by atoms with Crippen LogP contribution in [0.5, 0.6) is 0 Å². The van der Waals surface area contributed by atoms with Gasteiger partial charge in [-0.05, 0) is 66.5 Å². The maximum absolute atomic E-state index is 7.23. The lowest BCUT2D eigenvalue weighted by Crippen LogP contribution is -2.54. The van der Waals surface area contributed by atoms with Crippen molar-refractivity contribution in [2.75, 3.05) is 25.6 Å². The first-order chi connectivity index (χ1) is 17.3. The largest absolute Gasteiger partial charge is 0.414 e. The summed E-state index contributed by atoms with van der Waals surface area (Å²) in [5.74, 6) is 0. The van der Waals surface area contributed by atoms with Crippen LogP contribution in [0.2, 0.25) is 54.4 Å². The van der Waals surface area contributed by atoms with Gasteiger partial charge in [0.2, 0.25) is 0 Å². The summed E-state index contributed by atoms with van der Waals surface area (Å²) in [7, 11) is -2.26. The van der Waals surface area contributed by atoms with Gasteiger partial charge < -0.3 is 22.9 Å². The van der Waals surface area contributed by atoms with Crippen LogP contribution >= 0.6 is 0 Å². The molecule has 9 heteroatoms. The summed E-state index contributed by atoms with van der Waals surface area (Å²) in [6.45, 7) is 34.9. The molecule has 39 heavy (non-hydrogen) atoms. The smallest absolute Gasteiger partial charge is 0.192 e. The Morgan fingerprint density at radius 3 is 1.59 bits per heavy atom. The molecule has 1 aliphatic rings. The number of nitrogens with zero attached hydrogens (tertiary/aromatic N) is 2. The van der Waals surface area contributed by atoms with Crippen molar-refractivity contribution in [3.8, 4) is 0 Å². The van der Waals surface area contributed by atoms with Crippen LogP contribution in [0.3, 0.4) is 0 Å². The molecule has 0 N–H and O–H groups in total. The van der Waals surface area contributed by atoms with Gasteiger partial charge in [0.05, 0.1) is 24.2 Å². The minimum absolute atomic E-state index is 0.0526. The standard InChI is InChI=1S/C30H60N2O4Si3/c1-28(2,3)37(12,13)33-21-24-26(35-38(14,15)29(4,5)6)27(36-39(16,17)30(7,8)9)25(34-24)23-19-18-22(20-31-23)32(10)11/h18-20,24-27H,21H2,1-17H3/t24-,25+,26-,27+/m1/s1. The molecule has 0 saturated carbocycles. The highest BCUT2D eigenvalue weighted by Crippen LogP contribution is 2.47. The molecule has 0 radical (unpaired) electrons. The van der Waals surface area contributed by atoms with Gasteiger partial charge in [0.25, 0.3) is 0 Å². The molecule has 1 saturated heterocycles. The second kappa shape index (κ2) is 11.6. The monoisotopic (exact) mass is 596 g/mol. The Labute approximate surface area is 243 Å². The summed E-state index contributed by atoms with van der Waals surface area (Å²) in [5.41, 5.74) is 1.95. The Morgan fingerprint density at radius 1 is 0.744 bits per heavy atom. The Bertz CT molecular complexity index is 945. The molecule has 0 unspecified atom stereocenters. The number of rotatable bonds is 9. The van der Waals surface area contributed by atoms with Gasteiger partial charge >= 0.3 is 0 Å². The van der Waals surface area contributed by atoms with Crippen molar-refractivity contribution in [3.05, 3.63) is 24.0 Å². The van der Waals surface area contributed by atoms with Crippen molar-refractivity contribution in [1.82, 2.24) is 4.98 Å². The molecule has 0 spiro atoms. The summed E-state index contributed by atoms with van der Waals surface area (Å²) < 4.78 is 28.1. The summed E-state index contributed by atoms with van der Waals surface area (Å²) in [6.07, 6.45) is 0.878. The van der Waals surface area contributed by atoms with Gasteiger partial charge in [-0.3, -0.25) is 4.98 Å². The summed E-state index contributed by atoms with van der Waals surface area (Å²) in [5, 5.41) is 0.224. The molecule has 0 amide bonds. The van der Waals surface area contributed by atoms with E-state index < -0.39 is 25.0 Å². The second-order valence-electron chi connectivity index (χ2n) is 16.2. The lowest BCUT2D eigenvalue weighted by atomic mass is 10.1. The fourth-order valence-corrected chi connectivity index (χ4v) is 7.37. The first-order valence-electron chi connectivity index (χ1n) is 14.6. The van der Waals surface area contributed by atoms with Crippen LogP contribution < -0.4 is 4.90 Å². The van der Waals surface area contributed by atoms with Crippen molar-refractivity contribution in [2.45, 2.75) is 141 Å². The zero-order chi connectivity index (χ0) is 30.4. The molecule has 0 bridgehead atoms. The third-order valence-electron chi connectivity index (χ3n) is 9.78. The number of aromatic nitrogens is 1. The first kappa shape index (κ1) is 34.6. The number of hydrogen-bond acceptors (Lipinski definition) is 6. The van der Waals surface area contributed by atoms with E-state index in [9.17, 15) is 0 Å². The third-order valence-corrected chi connectivity index (χ3v) is 23.2. The van der Waals surface area contributed by atoms with E-state index in [0.29, 0.717) is 6.61 Å². The molecule has 1 aromatic heterocycles. The fraction of sp³-hybridized carbons (Fsp3) is 0.833. The van der Waals surface area contributed by atoms with Crippen molar-refractivity contribution in [1.29, 1.82) is 0 Å². The third kappa shape index (κ3) is 8.05. The maximum Gasteiger partial charge on any atom is 0.192 e. The molecule has 1 aliphatic heterocycles. The lowest BCUT2D eigenvalue weighted by molar-refractivity contribution is -0.0186. The van der Waals surface area contributed by atoms with Crippen LogP contribution in [0.4, 0.5) is 5.69 Å². The normalized spacial score (nSPS) is 23.8. The first-order valence-corrected chi connectivity index (χ1v) is 23.3. The van der Waals surface area contributed by atoms with Gasteiger partial charge in [-0.15, -0.1) is 0 Å². The average Bonchev–Trinajstić information content (AvgIpc) is 3.06. The highest BCUT2D eigenvalue weighted by Gasteiger charge is 2.55. The van der Waals surface area contributed by atoms with Crippen LogP contribution in [-0.4, -0.2) is 69.0 Å². The van der Waals surface area contributed by atoms with Gasteiger partial charge in [0.15, 0.2) is 25.0 Å². The van der Waals surface area contributed by atoms with Gasteiger partial charge in [0, 0.05) is 14.1 Å². The highest BCUT2D eigenvalue weighted by atomic mass is 28.4. The van der Waals surface area contributed by atoms with Crippen LogP contribution in [0.1, 0.15) is 74.1 Å². The molecule has 1 fully saturated rings. The SMILES string of the molecule is CN(C)c1ccc([C@@H]2O[C@H](CO[Si](C)(C)C(C)(C)C)[C@@H](O[Si](C)(C)C(C)(C)C)[C@H]2O[Si](C)(C)C(C)(C)C)nc1. The molecule has 4 atom stereocenters. The van der Waals surface area contributed by atoms with E-state index in [4.69, 9.17) is 23.0 Å². The average molecular weight is 597 g/mol. The van der Waals surface area contributed by atoms with Crippen LogP contribution in [-0.2, 0) is 18.0 Å². The van der Waals surface area contributed by atoms with E-state index >= 15 is 0 Å². The fourth-order valence-electron chi connectivity index (χ4n) is 3.74. The summed E-state index contributed by atoms with van der Waals surface area (Å²) >= 11 is 0. The zero-order valence-electron chi connectivity index (χ0n) is 28.3. The lowest BCUT2D eigenvalue weighted by Gasteiger charge is -2.44. The molecule has 2 heterocycles. The molecule has 2 rings (SSSR count). The van der Waals surface area contributed by atoms with Gasteiger partial charge in [0.1, 0.15) is 24.4 Å². The molecule has 6 nitrogen and oxygen atoms in total. The second-order valence-corrected chi connectivity index (χ2v) is 30.5. The van der Waals surface area contributed by atoms with Crippen molar-refractivity contribution >= 4 is 30.6 Å². The molecular weight excluding hydrogens is 537 g/mol. The van der Waals surface area contributed by atoms with E-state index in [-0.39, 0.29) is 39.5 Å². The summed E-state index contributed by atoms with van der Waals surface area (Å²) in [4.78, 5) is 6.94. The Hall–Kier alpha value is -0.559. The van der Waals surface area contributed by atoms with E-state index in [1.54, 1.807) is 0 Å². The van der Waals surface area contributed by atoms with Crippen molar-refractivity contribution in [2.24, 2.45) is 0 Å². The van der Waals surface area contributed by atoms with Crippen LogP contribution in [0.15, 0.2) is 18.3 Å². The van der Waals surface area contributed by atoms with E-state index in [2.05, 4.69) is 119 Å². The van der Waals surface area contributed by atoms with E-state index in [1.807, 2.05) is 20.3 Å². The van der Waals surface area contributed by atoms with E-state index in [1.165, 1.54) is 0 Å². The molecule has 0 aromatic carbocycles. The molecule has 1 aromatic rings. The Kier molecular flexibility index (Phi) is 10.3. The predicted molar refractivity (Wildman–Crippen MR) is 173 cm³/mol. The van der Waals surface area contributed by atoms with Gasteiger partial charge in [-0.1, -0.05) is 62.3 Å². The number of hydrogen-bond donors (Lipinski definition) is 0. The quantitative estimate of drug-likeness (QED) is 0.267. The van der Waals surface area contributed by atoms with Gasteiger partial charge in [-0.25, -0.2) is 0 Å². The topological polar surface area (TPSA) is 53.1 Å². The maximum atomic E-state index is 7.23.